The normalized spacial score (nSPS) is 11.8. The maximum absolute atomic E-state index is 13.1. The zero-order valence-electron chi connectivity index (χ0n) is 10.5. The zero-order chi connectivity index (χ0) is 14.0. The first-order valence-corrected chi connectivity index (χ1v) is 5.85. The molecule has 0 aliphatic rings. The number of fused-ring (bicyclic) bond motifs is 1. The van der Waals surface area contributed by atoms with Crippen LogP contribution in [0.2, 0.25) is 0 Å². The van der Waals surface area contributed by atoms with Crippen molar-refractivity contribution >= 4 is 16.6 Å². The molecule has 0 saturated heterocycles. The second-order valence-electron chi connectivity index (χ2n) is 4.39. The van der Waals surface area contributed by atoms with E-state index < -0.39 is 19.0 Å². The summed E-state index contributed by atoms with van der Waals surface area (Å²) in [6, 6.07) is 8.44. The lowest BCUT2D eigenvalue weighted by Crippen LogP contribution is -2.35. The number of halogens is 2. The van der Waals surface area contributed by atoms with Gasteiger partial charge in [-0.05, 0) is 6.07 Å². The Morgan fingerprint density at radius 3 is 2.74 bits per heavy atom. The topological polar surface area (TPSA) is 60.0 Å². The van der Waals surface area contributed by atoms with Gasteiger partial charge in [0.25, 0.3) is 11.5 Å². The smallest absolute Gasteiger partial charge is 0.276 e. The van der Waals surface area contributed by atoms with Crippen LogP contribution < -0.4 is 16.6 Å². The zero-order valence-corrected chi connectivity index (χ0v) is 10.5. The minimum Gasteiger partial charge on any atom is -0.378 e. The third-order valence-corrected chi connectivity index (χ3v) is 2.99. The fourth-order valence-electron chi connectivity index (χ4n) is 1.85. The number of nitrogens with one attached hydrogen (secondary N) is 1. The second kappa shape index (κ2) is 4.97. The van der Waals surface area contributed by atoms with Crippen LogP contribution in [0, 0.1) is 0 Å². The molecule has 6 heteroatoms. The molecule has 0 aliphatic heterocycles. The van der Waals surface area contributed by atoms with E-state index in [1.54, 1.807) is 31.3 Å². The van der Waals surface area contributed by atoms with Crippen LogP contribution in [-0.4, -0.2) is 23.6 Å². The van der Waals surface area contributed by atoms with E-state index in [4.69, 9.17) is 5.73 Å². The molecule has 0 spiro atoms. The van der Waals surface area contributed by atoms with E-state index in [0.717, 1.165) is 5.39 Å². The first-order valence-electron chi connectivity index (χ1n) is 5.85. The first kappa shape index (κ1) is 13.5. The standard InChI is InChI=1S/C13H15F2N3O/c1-18-11-5-3-2-4-9(11)10(6-12(18)19)17-8-13(14,15)7-16/h2-6,17H,7-8,16H2,1H3. The number of nitrogens with zero attached hydrogens (tertiary/aromatic N) is 1. The maximum atomic E-state index is 13.1. The van der Waals surface area contributed by atoms with Crippen molar-refractivity contribution in [1.82, 2.24) is 4.57 Å². The van der Waals surface area contributed by atoms with E-state index in [-0.39, 0.29) is 5.56 Å². The SMILES string of the molecule is Cn1c(=O)cc(NCC(F)(F)CN)c2ccccc21. The van der Waals surface area contributed by atoms with Gasteiger partial charge in [0.2, 0.25) is 0 Å². The van der Waals surface area contributed by atoms with Crippen LogP contribution in [0.4, 0.5) is 14.5 Å². The van der Waals surface area contributed by atoms with Crippen LogP contribution in [0.1, 0.15) is 0 Å². The molecule has 102 valence electrons. The van der Waals surface area contributed by atoms with Gasteiger partial charge >= 0.3 is 0 Å². The number of hydrogen-bond donors (Lipinski definition) is 2. The van der Waals surface area contributed by atoms with E-state index in [0.29, 0.717) is 11.2 Å². The molecule has 4 nitrogen and oxygen atoms in total. The average Bonchev–Trinajstić information content (AvgIpc) is 2.41. The second-order valence-corrected chi connectivity index (χ2v) is 4.39. The Morgan fingerprint density at radius 2 is 2.05 bits per heavy atom. The van der Waals surface area contributed by atoms with Crippen molar-refractivity contribution in [2.24, 2.45) is 12.8 Å². The molecule has 0 aliphatic carbocycles. The van der Waals surface area contributed by atoms with Gasteiger partial charge in [0.1, 0.15) is 0 Å². The number of anilines is 1. The number of nitrogens with two attached hydrogens (primary N) is 1. The number of aromatic nitrogens is 1. The maximum Gasteiger partial charge on any atom is 0.276 e. The monoisotopic (exact) mass is 267 g/mol. The molecule has 2 aromatic rings. The number of benzene rings is 1. The Kier molecular flexibility index (Phi) is 3.53. The minimum atomic E-state index is -3.00. The van der Waals surface area contributed by atoms with Crippen molar-refractivity contribution in [2.45, 2.75) is 5.92 Å². The molecule has 0 saturated carbocycles. The number of hydrogen-bond acceptors (Lipinski definition) is 3. The molecule has 19 heavy (non-hydrogen) atoms. The number of para-hydroxylation sites is 1. The molecule has 2 rings (SSSR count). The van der Waals surface area contributed by atoms with Gasteiger partial charge in [-0.25, -0.2) is 8.78 Å². The van der Waals surface area contributed by atoms with Crippen LogP contribution in [0.5, 0.6) is 0 Å². The molecule has 0 atom stereocenters. The summed E-state index contributed by atoms with van der Waals surface area (Å²) < 4.78 is 27.8. The van der Waals surface area contributed by atoms with Crippen molar-refractivity contribution in [3.63, 3.8) is 0 Å². The quantitative estimate of drug-likeness (QED) is 0.883. The Balaban J connectivity index is 2.44. The summed E-state index contributed by atoms with van der Waals surface area (Å²) in [6.45, 7) is -1.33. The molecule has 0 radical (unpaired) electrons. The number of aryl methyl sites for hydroxylation is 1. The minimum absolute atomic E-state index is 0.253. The Bertz CT molecular complexity index is 652. The van der Waals surface area contributed by atoms with Gasteiger partial charge in [-0.2, -0.15) is 0 Å². The summed E-state index contributed by atoms with van der Waals surface area (Å²) in [5, 5.41) is 3.32. The largest absolute Gasteiger partial charge is 0.378 e. The highest BCUT2D eigenvalue weighted by Gasteiger charge is 2.26. The Hall–Kier alpha value is -1.95. The van der Waals surface area contributed by atoms with Gasteiger partial charge in [0.15, 0.2) is 0 Å². The molecule has 0 unspecified atom stereocenters. The van der Waals surface area contributed by atoms with Crippen molar-refractivity contribution in [3.8, 4) is 0 Å². The fraction of sp³-hybridized carbons (Fsp3) is 0.308. The first-order chi connectivity index (χ1) is 8.94. The summed E-state index contributed by atoms with van der Waals surface area (Å²) >= 11 is 0. The van der Waals surface area contributed by atoms with Crippen LogP contribution in [0.25, 0.3) is 10.9 Å². The van der Waals surface area contributed by atoms with Crippen molar-refractivity contribution < 1.29 is 8.78 Å². The summed E-state index contributed by atoms with van der Waals surface area (Å²) in [7, 11) is 1.64. The van der Waals surface area contributed by atoms with Crippen LogP contribution in [0.15, 0.2) is 35.1 Å². The summed E-state index contributed by atoms with van der Waals surface area (Å²) in [4.78, 5) is 11.8. The fourth-order valence-corrected chi connectivity index (χ4v) is 1.85. The van der Waals surface area contributed by atoms with Gasteiger partial charge in [-0.15, -0.1) is 0 Å². The molecule has 3 N–H and O–H groups in total. The van der Waals surface area contributed by atoms with Crippen molar-refractivity contribution in [3.05, 3.63) is 40.7 Å². The van der Waals surface area contributed by atoms with Crippen LogP contribution in [-0.2, 0) is 7.05 Å². The number of pyridine rings is 1. The molecule has 1 aromatic heterocycles. The van der Waals surface area contributed by atoms with Gasteiger partial charge < -0.3 is 15.6 Å². The lowest BCUT2D eigenvalue weighted by Gasteiger charge is -2.17. The lowest BCUT2D eigenvalue weighted by atomic mass is 10.1. The van der Waals surface area contributed by atoms with Gasteiger partial charge in [-0.1, -0.05) is 18.2 Å². The van der Waals surface area contributed by atoms with Gasteiger partial charge in [0, 0.05) is 24.2 Å². The van der Waals surface area contributed by atoms with Gasteiger partial charge in [-0.3, -0.25) is 4.79 Å². The summed E-state index contributed by atoms with van der Waals surface area (Å²) in [5.41, 5.74) is 5.81. The average molecular weight is 267 g/mol. The highest BCUT2D eigenvalue weighted by atomic mass is 19.3. The Labute approximate surface area is 108 Å². The highest BCUT2D eigenvalue weighted by molar-refractivity contribution is 5.91. The van der Waals surface area contributed by atoms with E-state index in [2.05, 4.69) is 5.32 Å². The van der Waals surface area contributed by atoms with Crippen molar-refractivity contribution in [1.29, 1.82) is 0 Å². The highest BCUT2D eigenvalue weighted by Crippen LogP contribution is 2.22. The summed E-state index contributed by atoms with van der Waals surface area (Å²) in [5.74, 6) is -3.00. The predicted molar refractivity (Wildman–Crippen MR) is 71.7 cm³/mol. The van der Waals surface area contributed by atoms with E-state index in [1.807, 2.05) is 0 Å². The molecule has 0 amide bonds. The predicted octanol–water partition coefficient (Wildman–Crippen LogP) is 1.54. The summed E-state index contributed by atoms with van der Waals surface area (Å²) in [6.07, 6.45) is 0. The van der Waals surface area contributed by atoms with Crippen LogP contribution >= 0.6 is 0 Å². The van der Waals surface area contributed by atoms with Gasteiger partial charge in [0.05, 0.1) is 18.6 Å². The number of alkyl halides is 2. The van der Waals surface area contributed by atoms with Crippen LogP contribution in [0.3, 0.4) is 0 Å². The molecule has 1 heterocycles. The third-order valence-electron chi connectivity index (χ3n) is 2.99. The van der Waals surface area contributed by atoms with Crippen molar-refractivity contribution in [2.75, 3.05) is 18.4 Å². The van der Waals surface area contributed by atoms with E-state index in [9.17, 15) is 13.6 Å². The molecular formula is C13H15F2N3O. The van der Waals surface area contributed by atoms with E-state index in [1.165, 1.54) is 10.6 Å². The third kappa shape index (κ3) is 2.73. The molecular weight excluding hydrogens is 252 g/mol. The Morgan fingerprint density at radius 1 is 1.37 bits per heavy atom. The molecule has 0 fully saturated rings. The molecule has 1 aromatic carbocycles. The number of rotatable bonds is 4. The van der Waals surface area contributed by atoms with E-state index >= 15 is 0 Å². The lowest BCUT2D eigenvalue weighted by molar-refractivity contribution is 0.0254. The molecule has 0 bridgehead atoms.